The summed E-state index contributed by atoms with van der Waals surface area (Å²) in [6, 6.07) is 8.00. The molecule has 0 bridgehead atoms. The predicted octanol–water partition coefficient (Wildman–Crippen LogP) is 2.11. The summed E-state index contributed by atoms with van der Waals surface area (Å²) < 4.78 is 35.6. The summed E-state index contributed by atoms with van der Waals surface area (Å²) in [5.41, 5.74) is 0.502. The maximum absolute atomic E-state index is 11.9. The highest BCUT2D eigenvalue weighted by atomic mass is 19.4. The second-order valence-electron chi connectivity index (χ2n) is 3.41. The lowest BCUT2D eigenvalue weighted by atomic mass is 10.1. The van der Waals surface area contributed by atoms with Crippen LogP contribution >= 0.6 is 0 Å². The summed E-state index contributed by atoms with van der Waals surface area (Å²) >= 11 is 0. The second-order valence-corrected chi connectivity index (χ2v) is 3.41. The van der Waals surface area contributed by atoms with Gasteiger partial charge in [-0.2, -0.15) is 18.4 Å². The van der Waals surface area contributed by atoms with Crippen molar-refractivity contribution >= 4 is 6.03 Å². The Labute approximate surface area is 101 Å². The number of hydrogen-bond donors (Lipinski definition) is 2. The second kappa shape index (κ2) is 5.91. The lowest BCUT2D eigenvalue weighted by Gasteiger charge is -2.13. The van der Waals surface area contributed by atoms with Crippen LogP contribution in [-0.2, 0) is 0 Å². The number of urea groups is 1. The highest BCUT2D eigenvalue weighted by molar-refractivity contribution is 5.74. The molecule has 0 heterocycles. The Kier molecular flexibility index (Phi) is 4.54. The average molecular weight is 257 g/mol. The molecule has 18 heavy (non-hydrogen) atoms. The van der Waals surface area contributed by atoms with E-state index >= 15 is 0 Å². The third-order valence-corrected chi connectivity index (χ3v) is 1.99. The average Bonchev–Trinajstić information content (AvgIpc) is 2.33. The summed E-state index contributed by atoms with van der Waals surface area (Å²) in [5, 5.41) is 12.6. The van der Waals surface area contributed by atoms with Crippen LogP contribution in [-0.4, -0.2) is 18.8 Å². The minimum atomic E-state index is -4.48. The van der Waals surface area contributed by atoms with Crippen molar-refractivity contribution < 1.29 is 18.0 Å². The minimum Gasteiger partial charge on any atom is -0.329 e. The lowest BCUT2D eigenvalue weighted by molar-refractivity contribution is -0.122. The van der Waals surface area contributed by atoms with Gasteiger partial charge in [-0.05, 0) is 5.56 Å². The molecule has 1 aromatic rings. The number of amides is 2. The van der Waals surface area contributed by atoms with Gasteiger partial charge in [0.2, 0.25) is 0 Å². The first-order valence-corrected chi connectivity index (χ1v) is 4.98. The summed E-state index contributed by atoms with van der Waals surface area (Å²) in [7, 11) is 0. The van der Waals surface area contributed by atoms with Crippen LogP contribution in [0.4, 0.5) is 18.0 Å². The highest BCUT2D eigenvalue weighted by Crippen LogP contribution is 2.13. The fraction of sp³-hybridized carbons (Fsp3) is 0.273. The molecule has 0 radical (unpaired) electrons. The number of nitriles is 1. The van der Waals surface area contributed by atoms with E-state index in [4.69, 9.17) is 5.26 Å². The molecule has 2 N–H and O–H groups in total. The van der Waals surface area contributed by atoms with E-state index in [1.807, 2.05) is 0 Å². The van der Waals surface area contributed by atoms with Crippen LogP contribution in [0.2, 0.25) is 0 Å². The normalized spacial score (nSPS) is 12.3. The zero-order valence-corrected chi connectivity index (χ0v) is 9.16. The van der Waals surface area contributed by atoms with E-state index < -0.39 is 24.8 Å². The Morgan fingerprint density at radius 2 is 1.94 bits per heavy atom. The number of rotatable bonds is 3. The van der Waals surface area contributed by atoms with Gasteiger partial charge < -0.3 is 10.6 Å². The topological polar surface area (TPSA) is 64.9 Å². The highest BCUT2D eigenvalue weighted by Gasteiger charge is 2.28. The molecule has 4 nitrogen and oxygen atoms in total. The molecule has 7 heteroatoms. The van der Waals surface area contributed by atoms with E-state index in [0.717, 1.165) is 0 Å². The molecule has 0 aliphatic heterocycles. The standard InChI is InChI=1S/C11H10F3N3O/c12-11(13,14)7-16-10(18)17-9(6-15)8-4-2-1-3-5-8/h1-5,9H,7H2,(H2,16,17,18). The van der Waals surface area contributed by atoms with Gasteiger partial charge in [0.1, 0.15) is 12.6 Å². The van der Waals surface area contributed by atoms with Crippen LogP contribution in [0.15, 0.2) is 30.3 Å². The van der Waals surface area contributed by atoms with E-state index in [9.17, 15) is 18.0 Å². The number of hydrogen-bond acceptors (Lipinski definition) is 2. The molecule has 1 aromatic carbocycles. The van der Waals surface area contributed by atoms with Gasteiger partial charge in [-0.3, -0.25) is 0 Å². The molecule has 2 amide bonds. The van der Waals surface area contributed by atoms with Crippen molar-refractivity contribution in [2.24, 2.45) is 0 Å². The van der Waals surface area contributed by atoms with Crippen LogP contribution in [0.1, 0.15) is 11.6 Å². The van der Waals surface area contributed by atoms with E-state index in [2.05, 4.69) is 5.32 Å². The molecule has 1 rings (SSSR count). The first-order chi connectivity index (χ1) is 8.42. The van der Waals surface area contributed by atoms with Crippen molar-refractivity contribution in [2.75, 3.05) is 6.54 Å². The van der Waals surface area contributed by atoms with Crippen LogP contribution in [0.25, 0.3) is 0 Å². The molecule has 0 saturated carbocycles. The Balaban J connectivity index is 2.55. The van der Waals surface area contributed by atoms with E-state index in [1.54, 1.807) is 41.7 Å². The first-order valence-electron chi connectivity index (χ1n) is 4.98. The molecule has 96 valence electrons. The van der Waals surface area contributed by atoms with Gasteiger partial charge in [0.25, 0.3) is 0 Å². The monoisotopic (exact) mass is 257 g/mol. The van der Waals surface area contributed by atoms with Gasteiger partial charge in [0.15, 0.2) is 0 Å². The molecule has 0 fully saturated rings. The zero-order valence-electron chi connectivity index (χ0n) is 9.16. The third-order valence-electron chi connectivity index (χ3n) is 1.99. The van der Waals surface area contributed by atoms with Gasteiger partial charge >= 0.3 is 12.2 Å². The fourth-order valence-corrected chi connectivity index (χ4v) is 1.20. The molecule has 0 spiro atoms. The van der Waals surface area contributed by atoms with Crippen LogP contribution in [0.5, 0.6) is 0 Å². The zero-order chi connectivity index (χ0) is 13.6. The van der Waals surface area contributed by atoms with Crippen molar-refractivity contribution in [1.29, 1.82) is 5.26 Å². The molecule has 1 atom stereocenters. The van der Waals surface area contributed by atoms with Crippen molar-refractivity contribution in [2.45, 2.75) is 12.2 Å². The number of carbonyl (C=O) groups is 1. The van der Waals surface area contributed by atoms with Gasteiger partial charge in [0, 0.05) is 0 Å². The number of nitrogens with zero attached hydrogens (tertiary/aromatic N) is 1. The van der Waals surface area contributed by atoms with Gasteiger partial charge in [-0.1, -0.05) is 30.3 Å². The third kappa shape index (κ3) is 4.74. The number of carbonyl (C=O) groups excluding carboxylic acids is 1. The van der Waals surface area contributed by atoms with Crippen molar-refractivity contribution in [3.05, 3.63) is 35.9 Å². The van der Waals surface area contributed by atoms with Crippen LogP contribution in [0, 0.1) is 11.3 Å². The lowest BCUT2D eigenvalue weighted by Crippen LogP contribution is -2.42. The quantitative estimate of drug-likeness (QED) is 0.871. The van der Waals surface area contributed by atoms with E-state index in [0.29, 0.717) is 5.56 Å². The van der Waals surface area contributed by atoms with E-state index in [1.165, 1.54) is 0 Å². The minimum absolute atomic E-state index is 0.502. The molecule has 1 unspecified atom stereocenters. The molecular weight excluding hydrogens is 247 g/mol. The van der Waals surface area contributed by atoms with Crippen molar-refractivity contribution in [1.82, 2.24) is 10.6 Å². The molecular formula is C11H10F3N3O. The number of nitrogens with one attached hydrogen (secondary N) is 2. The summed E-state index contributed by atoms with van der Waals surface area (Å²) in [6.07, 6.45) is -4.48. The van der Waals surface area contributed by atoms with Gasteiger partial charge in [-0.25, -0.2) is 4.79 Å². The summed E-state index contributed by atoms with van der Waals surface area (Å²) in [5.74, 6) is 0. The van der Waals surface area contributed by atoms with E-state index in [-0.39, 0.29) is 0 Å². The predicted molar refractivity (Wildman–Crippen MR) is 57.4 cm³/mol. The number of halogens is 3. The Bertz CT molecular complexity index is 439. The molecule has 0 aliphatic rings. The smallest absolute Gasteiger partial charge is 0.329 e. The molecule has 0 saturated heterocycles. The maximum atomic E-state index is 11.9. The van der Waals surface area contributed by atoms with Crippen LogP contribution in [0.3, 0.4) is 0 Å². The van der Waals surface area contributed by atoms with Crippen molar-refractivity contribution in [3.8, 4) is 6.07 Å². The summed E-state index contributed by atoms with van der Waals surface area (Å²) in [6.45, 7) is -1.44. The Morgan fingerprint density at radius 1 is 1.33 bits per heavy atom. The molecule has 0 aromatic heterocycles. The SMILES string of the molecule is N#CC(NC(=O)NCC(F)(F)F)c1ccccc1. The number of benzene rings is 1. The van der Waals surface area contributed by atoms with Crippen LogP contribution < -0.4 is 10.6 Å². The maximum Gasteiger partial charge on any atom is 0.405 e. The Hall–Kier alpha value is -2.23. The number of alkyl halides is 3. The van der Waals surface area contributed by atoms with Gasteiger partial charge in [0.05, 0.1) is 6.07 Å². The molecule has 0 aliphatic carbocycles. The van der Waals surface area contributed by atoms with Crippen molar-refractivity contribution in [3.63, 3.8) is 0 Å². The summed E-state index contributed by atoms with van der Waals surface area (Å²) in [4.78, 5) is 11.2. The van der Waals surface area contributed by atoms with Gasteiger partial charge in [-0.15, -0.1) is 0 Å². The fourth-order valence-electron chi connectivity index (χ4n) is 1.20. The first kappa shape index (κ1) is 13.8. The largest absolute Gasteiger partial charge is 0.405 e. The Morgan fingerprint density at radius 3 is 2.44 bits per heavy atom.